The van der Waals surface area contributed by atoms with E-state index in [2.05, 4.69) is 0 Å². The van der Waals surface area contributed by atoms with Crippen LogP contribution in [0.2, 0.25) is 0 Å². The quantitative estimate of drug-likeness (QED) is 0.0954. The summed E-state index contributed by atoms with van der Waals surface area (Å²) in [5.41, 5.74) is -1.25. The van der Waals surface area contributed by atoms with E-state index in [1.807, 2.05) is 0 Å². The Morgan fingerprint density at radius 3 is 2.08 bits per heavy atom. The zero-order chi connectivity index (χ0) is 29.1. The fourth-order valence-corrected chi connectivity index (χ4v) is 3.83. The molecule has 0 bridgehead atoms. The molecule has 40 heavy (non-hydrogen) atoms. The van der Waals surface area contributed by atoms with Crippen molar-refractivity contribution in [2.45, 2.75) is 13.0 Å². The summed E-state index contributed by atoms with van der Waals surface area (Å²) >= 11 is 0. The van der Waals surface area contributed by atoms with Gasteiger partial charge in [0.15, 0.2) is 12.4 Å². The molecular formula is C26H17N3O11. The average Bonchev–Trinajstić information content (AvgIpc) is 3.20. The lowest BCUT2D eigenvalue weighted by molar-refractivity contribution is -0.385. The average molecular weight is 547 g/mol. The van der Waals surface area contributed by atoms with Gasteiger partial charge in [-0.15, -0.1) is 0 Å². The Balaban J connectivity index is 1.34. The first kappa shape index (κ1) is 27.3. The monoisotopic (exact) mass is 547 g/mol. The number of carbonyl (C=O) groups excluding carboxylic acids is 5. The molecule has 0 fully saturated rings. The number of nitro benzene ring substituents is 2. The van der Waals surface area contributed by atoms with Gasteiger partial charge in [0, 0.05) is 23.8 Å². The first-order valence-electron chi connectivity index (χ1n) is 11.4. The van der Waals surface area contributed by atoms with Crippen molar-refractivity contribution in [3.05, 3.63) is 109 Å². The molecule has 2 amide bonds. The van der Waals surface area contributed by atoms with Crippen LogP contribution in [0.15, 0.2) is 66.7 Å². The van der Waals surface area contributed by atoms with Gasteiger partial charge in [-0.3, -0.25) is 39.5 Å². The highest BCUT2D eigenvalue weighted by atomic mass is 16.6. The fraction of sp³-hybridized carbons (Fsp3) is 0.115. The molecule has 3 aromatic carbocycles. The van der Waals surface area contributed by atoms with Crippen molar-refractivity contribution in [1.82, 2.24) is 4.90 Å². The van der Waals surface area contributed by atoms with Gasteiger partial charge in [-0.05, 0) is 49.4 Å². The van der Waals surface area contributed by atoms with Crippen molar-refractivity contribution >= 4 is 40.9 Å². The van der Waals surface area contributed by atoms with Gasteiger partial charge < -0.3 is 9.47 Å². The summed E-state index contributed by atoms with van der Waals surface area (Å²) < 4.78 is 10.2. The Bertz CT molecular complexity index is 1580. The standard InChI is InChI=1S/C26H17N3O11/c1-14(27-23(31)19-3-2-4-20(29(37)38)22(19)24(27)32)25(33)39-13-21(30)15-7-11-18(12-8-15)40-26(34)16-5-9-17(10-6-16)28(35)36/h2-12,14H,13H2,1H3. The third kappa shape index (κ3) is 5.26. The second kappa shape index (κ2) is 10.9. The van der Waals surface area contributed by atoms with Gasteiger partial charge in [0.05, 0.1) is 21.0 Å². The van der Waals surface area contributed by atoms with Crippen LogP contribution in [0.1, 0.15) is 48.4 Å². The van der Waals surface area contributed by atoms with Gasteiger partial charge in [0.2, 0.25) is 0 Å². The molecule has 0 saturated carbocycles. The van der Waals surface area contributed by atoms with Gasteiger partial charge in [-0.2, -0.15) is 0 Å². The molecule has 0 N–H and O–H groups in total. The van der Waals surface area contributed by atoms with Crippen molar-refractivity contribution in [2.75, 3.05) is 6.61 Å². The predicted molar refractivity (Wildman–Crippen MR) is 133 cm³/mol. The van der Waals surface area contributed by atoms with Gasteiger partial charge in [0.25, 0.3) is 23.2 Å². The molecule has 1 heterocycles. The molecular weight excluding hydrogens is 530 g/mol. The SMILES string of the molecule is CC(C(=O)OCC(=O)c1ccc(OC(=O)c2ccc([N+](=O)[O-])cc2)cc1)N1C(=O)c2cccc([N+](=O)[O-])c2C1=O. The van der Waals surface area contributed by atoms with Crippen LogP contribution < -0.4 is 4.74 Å². The number of imide groups is 1. The van der Waals surface area contributed by atoms with Crippen LogP contribution in [0.3, 0.4) is 0 Å². The van der Waals surface area contributed by atoms with Crippen LogP contribution in [0, 0.1) is 20.2 Å². The van der Waals surface area contributed by atoms with Crippen LogP contribution in [0.25, 0.3) is 0 Å². The highest BCUT2D eigenvalue weighted by molar-refractivity contribution is 6.24. The number of benzene rings is 3. The topological polar surface area (TPSA) is 193 Å². The van der Waals surface area contributed by atoms with Crippen LogP contribution in [-0.2, 0) is 9.53 Å². The number of nitro groups is 2. The Hall–Kier alpha value is -5.79. The number of ether oxygens (including phenoxy) is 2. The predicted octanol–water partition coefficient (Wildman–Crippen LogP) is 3.13. The summed E-state index contributed by atoms with van der Waals surface area (Å²) in [7, 11) is 0. The molecule has 1 aliphatic rings. The van der Waals surface area contributed by atoms with Crippen LogP contribution in [-0.4, -0.2) is 56.9 Å². The Morgan fingerprint density at radius 2 is 1.48 bits per heavy atom. The van der Waals surface area contributed by atoms with Gasteiger partial charge in [-0.25, -0.2) is 9.59 Å². The van der Waals surface area contributed by atoms with Crippen molar-refractivity contribution in [1.29, 1.82) is 0 Å². The molecule has 1 aliphatic heterocycles. The molecule has 4 rings (SSSR count). The third-order valence-electron chi connectivity index (χ3n) is 5.90. The van der Waals surface area contributed by atoms with E-state index < -0.39 is 63.3 Å². The normalized spacial score (nSPS) is 12.9. The molecule has 0 radical (unpaired) electrons. The number of non-ortho nitro benzene ring substituents is 1. The summed E-state index contributed by atoms with van der Waals surface area (Å²) in [6, 6.07) is 12.1. The largest absolute Gasteiger partial charge is 0.456 e. The molecule has 14 nitrogen and oxygen atoms in total. The van der Waals surface area contributed by atoms with E-state index in [1.54, 1.807) is 0 Å². The second-order valence-corrected chi connectivity index (χ2v) is 8.36. The van der Waals surface area contributed by atoms with E-state index in [0.717, 1.165) is 18.2 Å². The van der Waals surface area contributed by atoms with E-state index in [-0.39, 0.29) is 28.1 Å². The van der Waals surface area contributed by atoms with Crippen molar-refractivity contribution in [3.63, 3.8) is 0 Å². The summed E-state index contributed by atoms with van der Waals surface area (Å²) in [4.78, 5) is 83.8. The van der Waals surface area contributed by atoms with Crippen LogP contribution in [0.5, 0.6) is 5.75 Å². The number of carbonyl (C=O) groups is 5. The summed E-state index contributed by atoms with van der Waals surface area (Å²) in [5.74, 6) is -4.37. The summed E-state index contributed by atoms with van der Waals surface area (Å²) in [5, 5.41) is 22.0. The highest BCUT2D eigenvalue weighted by Crippen LogP contribution is 2.32. The first-order chi connectivity index (χ1) is 19.0. The molecule has 0 spiro atoms. The van der Waals surface area contributed by atoms with Crippen LogP contribution >= 0.6 is 0 Å². The number of amides is 2. The van der Waals surface area contributed by atoms with Crippen molar-refractivity contribution in [2.24, 2.45) is 0 Å². The second-order valence-electron chi connectivity index (χ2n) is 8.36. The number of Topliss-reactive ketones (excluding diaryl/α,β-unsaturated/α-hetero) is 1. The molecule has 3 aromatic rings. The van der Waals surface area contributed by atoms with Gasteiger partial charge >= 0.3 is 11.9 Å². The summed E-state index contributed by atoms with van der Waals surface area (Å²) in [6.07, 6.45) is 0. The van der Waals surface area contributed by atoms with Gasteiger partial charge in [-0.1, -0.05) is 6.07 Å². The molecule has 1 atom stereocenters. The molecule has 14 heteroatoms. The lowest BCUT2D eigenvalue weighted by atomic mass is 10.1. The van der Waals surface area contributed by atoms with Crippen LogP contribution in [0.4, 0.5) is 11.4 Å². The van der Waals surface area contributed by atoms with Crippen molar-refractivity contribution in [3.8, 4) is 5.75 Å². The number of esters is 2. The maximum absolute atomic E-state index is 12.7. The lowest BCUT2D eigenvalue weighted by Gasteiger charge is -2.20. The zero-order valence-corrected chi connectivity index (χ0v) is 20.5. The minimum absolute atomic E-state index is 0.0689. The smallest absolute Gasteiger partial charge is 0.343 e. The minimum Gasteiger partial charge on any atom is -0.456 e. The molecule has 1 unspecified atom stereocenters. The number of fused-ring (bicyclic) bond motifs is 1. The Morgan fingerprint density at radius 1 is 0.850 bits per heavy atom. The minimum atomic E-state index is -1.47. The molecule has 0 saturated heterocycles. The molecule has 0 aliphatic carbocycles. The number of nitrogens with zero attached hydrogens (tertiary/aromatic N) is 3. The number of hydrogen-bond donors (Lipinski definition) is 0. The van der Waals surface area contributed by atoms with Gasteiger partial charge in [0.1, 0.15) is 17.4 Å². The number of ketones is 1. The maximum Gasteiger partial charge on any atom is 0.343 e. The van der Waals surface area contributed by atoms with E-state index >= 15 is 0 Å². The fourth-order valence-electron chi connectivity index (χ4n) is 3.83. The molecule has 0 aromatic heterocycles. The van der Waals surface area contributed by atoms with E-state index in [9.17, 15) is 44.2 Å². The maximum atomic E-state index is 12.7. The van der Waals surface area contributed by atoms with E-state index in [0.29, 0.717) is 4.90 Å². The highest BCUT2D eigenvalue weighted by Gasteiger charge is 2.45. The Labute approximate surface area is 224 Å². The zero-order valence-electron chi connectivity index (χ0n) is 20.5. The third-order valence-corrected chi connectivity index (χ3v) is 5.90. The first-order valence-corrected chi connectivity index (χ1v) is 11.4. The summed E-state index contributed by atoms with van der Waals surface area (Å²) in [6.45, 7) is 0.447. The van der Waals surface area contributed by atoms with Crippen molar-refractivity contribution < 1.29 is 43.3 Å². The molecule has 202 valence electrons. The number of rotatable bonds is 9. The Kier molecular flexibility index (Phi) is 7.43. The van der Waals surface area contributed by atoms with E-state index in [4.69, 9.17) is 9.47 Å². The lowest BCUT2D eigenvalue weighted by Crippen LogP contribution is -2.44. The van der Waals surface area contributed by atoms with E-state index in [1.165, 1.54) is 55.5 Å². The number of hydrogen-bond acceptors (Lipinski definition) is 11.